The van der Waals surface area contributed by atoms with Crippen LogP contribution in [0.1, 0.15) is 11.1 Å². The zero-order valence-electron chi connectivity index (χ0n) is 8.84. The molecule has 0 spiro atoms. The number of nitrogen functional groups attached to an aromatic ring is 1. The van der Waals surface area contributed by atoms with Gasteiger partial charge in [0.2, 0.25) is 5.95 Å². The number of anilines is 1. The summed E-state index contributed by atoms with van der Waals surface area (Å²) in [6, 6.07) is 3.88. The largest absolute Gasteiger partial charge is 0.416 e. The van der Waals surface area contributed by atoms with Crippen molar-refractivity contribution in [2.45, 2.75) is 13.1 Å². The van der Waals surface area contributed by atoms with E-state index in [-0.39, 0.29) is 17.3 Å². The predicted octanol–water partition coefficient (Wildman–Crippen LogP) is 2.38. The van der Waals surface area contributed by atoms with Crippen LogP contribution in [0.25, 0.3) is 11.4 Å². The number of hydrogen-bond acceptors (Lipinski definition) is 3. The first-order valence-corrected chi connectivity index (χ1v) is 4.74. The zero-order chi connectivity index (χ0) is 12.6. The molecule has 17 heavy (non-hydrogen) atoms. The Labute approximate surface area is 94.7 Å². The first-order chi connectivity index (χ1) is 7.89. The molecule has 0 fully saturated rings. The highest BCUT2D eigenvalue weighted by Gasteiger charge is 2.33. The minimum absolute atomic E-state index is 0.00295. The molecule has 0 aliphatic heterocycles. The highest BCUT2D eigenvalue weighted by atomic mass is 19.4. The zero-order valence-corrected chi connectivity index (χ0v) is 8.84. The fourth-order valence-electron chi connectivity index (χ4n) is 1.59. The molecule has 0 aliphatic rings. The Bertz CT molecular complexity index is 545. The maximum Gasteiger partial charge on any atom is 0.416 e. The summed E-state index contributed by atoms with van der Waals surface area (Å²) in [5, 5.41) is 6.07. The number of alkyl halides is 3. The van der Waals surface area contributed by atoms with Gasteiger partial charge in [-0.25, -0.2) is 0 Å². The van der Waals surface area contributed by atoms with Gasteiger partial charge in [-0.3, -0.25) is 5.10 Å². The van der Waals surface area contributed by atoms with Crippen molar-refractivity contribution in [2.24, 2.45) is 0 Å². The third-order valence-corrected chi connectivity index (χ3v) is 2.40. The van der Waals surface area contributed by atoms with Crippen molar-refractivity contribution in [1.29, 1.82) is 0 Å². The number of nitrogens with one attached hydrogen (secondary N) is 1. The maximum absolute atomic E-state index is 12.7. The highest BCUT2D eigenvalue weighted by molar-refractivity contribution is 5.62. The SMILES string of the molecule is Cc1c(-c2nc(N)n[nH]2)cccc1C(F)(F)F. The average molecular weight is 242 g/mol. The Kier molecular flexibility index (Phi) is 2.53. The summed E-state index contributed by atoms with van der Waals surface area (Å²) in [6.45, 7) is 1.39. The lowest BCUT2D eigenvalue weighted by atomic mass is 10.0. The normalized spacial score (nSPS) is 11.8. The summed E-state index contributed by atoms with van der Waals surface area (Å²) in [5.41, 5.74) is 5.06. The van der Waals surface area contributed by atoms with E-state index >= 15 is 0 Å². The maximum atomic E-state index is 12.7. The Morgan fingerprint density at radius 1 is 1.29 bits per heavy atom. The van der Waals surface area contributed by atoms with Crippen LogP contribution in [0.5, 0.6) is 0 Å². The molecule has 4 nitrogen and oxygen atoms in total. The molecule has 7 heteroatoms. The molecule has 0 atom stereocenters. The number of halogens is 3. The summed E-state index contributed by atoms with van der Waals surface area (Å²) in [4.78, 5) is 3.81. The fourth-order valence-corrected chi connectivity index (χ4v) is 1.59. The van der Waals surface area contributed by atoms with Gasteiger partial charge in [-0.2, -0.15) is 18.2 Å². The summed E-state index contributed by atoms with van der Waals surface area (Å²) in [6.07, 6.45) is -4.38. The van der Waals surface area contributed by atoms with Crippen LogP contribution in [-0.2, 0) is 6.18 Å². The van der Waals surface area contributed by atoms with E-state index in [2.05, 4.69) is 15.2 Å². The fraction of sp³-hybridized carbons (Fsp3) is 0.200. The molecule has 0 saturated heterocycles. The van der Waals surface area contributed by atoms with Gasteiger partial charge in [0.05, 0.1) is 5.56 Å². The lowest BCUT2D eigenvalue weighted by Crippen LogP contribution is -2.08. The van der Waals surface area contributed by atoms with Crippen LogP contribution in [0.4, 0.5) is 19.1 Å². The Balaban J connectivity index is 2.57. The monoisotopic (exact) mass is 242 g/mol. The minimum atomic E-state index is -4.38. The molecular weight excluding hydrogens is 233 g/mol. The number of hydrogen-bond donors (Lipinski definition) is 2. The molecule has 0 unspecified atom stereocenters. The molecule has 2 aromatic rings. The van der Waals surface area contributed by atoms with E-state index in [0.717, 1.165) is 6.07 Å². The van der Waals surface area contributed by atoms with Crippen molar-refractivity contribution >= 4 is 5.95 Å². The third kappa shape index (κ3) is 2.08. The lowest BCUT2D eigenvalue weighted by Gasteiger charge is -2.12. The Morgan fingerprint density at radius 2 is 2.00 bits per heavy atom. The van der Waals surface area contributed by atoms with Gasteiger partial charge in [-0.1, -0.05) is 12.1 Å². The van der Waals surface area contributed by atoms with Crippen molar-refractivity contribution in [3.63, 3.8) is 0 Å². The summed E-state index contributed by atoms with van der Waals surface area (Å²) >= 11 is 0. The van der Waals surface area contributed by atoms with E-state index in [1.165, 1.54) is 19.1 Å². The summed E-state index contributed by atoms with van der Waals surface area (Å²) < 4.78 is 38.0. The average Bonchev–Trinajstić information content (AvgIpc) is 2.63. The molecule has 2 rings (SSSR count). The second-order valence-corrected chi connectivity index (χ2v) is 3.52. The highest BCUT2D eigenvalue weighted by Crippen LogP contribution is 2.35. The third-order valence-electron chi connectivity index (χ3n) is 2.40. The number of rotatable bonds is 1. The smallest absolute Gasteiger partial charge is 0.366 e. The second kappa shape index (κ2) is 3.76. The number of benzene rings is 1. The van der Waals surface area contributed by atoms with Gasteiger partial charge in [0, 0.05) is 5.56 Å². The van der Waals surface area contributed by atoms with E-state index < -0.39 is 11.7 Å². The molecule has 0 bridgehead atoms. The van der Waals surface area contributed by atoms with Crippen LogP contribution < -0.4 is 5.73 Å². The first kappa shape index (κ1) is 11.4. The van der Waals surface area contributed by atoms with Crippen LogP contribution in [0, 0.1) is 6.92 Å². The number of aromatic nitrogens is 3. The van der Waals surface area contributed by atoms with E-state index in [4.69, 9.17) is 5.73 Å². The van der Waals surface area contributed by atoms with Crippen molar-refractivity contribution < 1.29 is 13.2 Å². The summed E-state index contributed by atoms with van der Waals surface area (Å²) in [7, 11) is 0. The molecule has 1 heterocycles. The molecule has 0 aliphatic carbocycles. The number of aromatic amines is 1. The Hall–Kier alpha value is -2.05. The molecule has 90 valence electrons. The topological polar surface area (TPSA) is 67.6 Å². The van der Waals surface area contributed by atoms with Gasteiger partial charge >= 0.3 is 6.18 Å². The quantitative estimate of drug-likeness (QED) is 0.806. The van der Waals surface area contributed by atoms with Gasteiger partial charge in [0.1, 0.15) is 0 Å². The van der Waals surface area contributed by atoms with Crippen molar-refractivity contribution in [3.8, 4) is 11.4 Å². The molecule has 0 radical (unpaired) electrons. The van der Waals surface area contributed by atoms with Crippen molar-refractivity contribution in [3.05, 3.63) is 29.3 Å². The second-order valence-electron chi connectivity index (χ2n) is 3.52. The van der Waals surface area contributed by atoms with Crippen LogP contribution in [0.15, 0.2) is 18.2 Å². The van der Waals surface area contributed by atoms with Crippen molar-refractivity contribution in [1.82, 2.24) is 15.2 Å². The van der Waals surface area contributed by atoms with Crippen LogP contribution in [0.2, 0.25) is 0 Å². The van der Waals surface area contributed by atoms with Gasteiger partial charge in [-0.05, 0) is 18.6 Å². The number of H-pyrrole nitrogens is 1. The number of nitrogens with zero attached hydrogens (tertiary/aromatic N) is 2. The molecule has 0 amide bonds. The predicted molar refractivity (Wildman–Crippen MR) is 56.0 cm³/mol. The van der Waals surface area contributed by atoms with Gasteiger partial charge in [0.15, 0.2) is 5.82 Å². The van der Waals surface area contributed by atoms with E-state index in [9.17, 15) is 13.2 Å². The summed E-state index contributed by atoms with van der Waals surface area (Å²) in [5.74, 6) is 0.225. The van der Waals surface area contributed by atoms with Gasteiger partial charge in [-0.15, -0.1) is 5.10 Å². The van der Waals surface area contributed by atoms with Crippen LogP contribution >= 0.6 is 0 Å². The van der Waals surface area contributed by atoms with E-state index in [0.29, 0.717) is 5.56 Å². The van der Waals surface area contributed by atoms with Gasteiger partial charge in [0.25, 0.3) is 0 Å². The van der Waals surface area contributed by atoms with E-state index in [1.54, 1.807) is 0 Å². The lowest BCUT2D eigenvalue weighted by molar-refractivity contribution is -0.138. The van der Waals surface area contributed by atoms with Crippen LogP contribution in [-0.4, -0.2) is 15.2 Å². The minimum Gasteiger partial charge on any atom is -0.366 e. The van der Waals surface area contributed by atoms with Gasteiger partial charge < -0.3 is 5.73 Å². The standard InChI is InChI=1S/C10H9F3N4/c1-5-6(8-15-9(14)17-16-8)3-2-4-7(5)10(11,12)13/h2-4H,1H3,(H3,14,15,16,17). The van der Waals surface area contributed by atoms with E-state index in [1.807, 2.05) is 0 Å². The molecule has 0 saturated carbocycles. The molecule has 1 aromatic heterocycles. The van der Waals surface area contributed by atoms with Crippen LogP contribution in [0.3, 0.4) is 0 Å². The first-order valence-electron chi connectivity index (χ1n) is 4.74. The molecule has 3 N–H and O–H groups in total. The molecule has 1 aromatic carbocycles. The Morgan fingerprint density at radius 3 is 2.53 bits per heavy atom. The molecular formula is C10H9F3N4. The number of nitrogens with two attached hydrogens (primary N) is 1. The van der Waals surface area contributed by atoms with Crippen molar-refractivity contribution in [2.75, 3.05) is 5.73 Å².